The highest BCUT2D eigenvalue weighted by Gasteiger charge is 2.62. The van der Waals surface area contributed by atoms with Gasteiger partial charge in [-0.3, -0.25) is 34.8 Å². The van der Waals surface area contributed by atoms with Crippen molar-refractivity contribution in [2.45, 2.75) is 19.0 Å². The first kappa shape index (κ1) is 23.9. The monoisotopic (exact) mass is 519 g/mol. The molecule has 2 atom stereocenters. The van der Waals surface area contributed by atoms with Gasteiger partial charge >= 0.3 is 6.03 Å². The molecule has 38 heavy (non-hydrogen) atoms. The Hall–Kier alpha value is -4.45. The molecule has 2 saturated heterocycles. The van der Waals surface area contributed by atoms with Gasteiger partial charge in [0.25, 0.3) is 5.69 Å². The molecule has 1 N–H and O–H groups in total. The van der Waals surface area contributed by atoms with Crippen molar-refractivity contribution in [3.8, 4) is 11.5 Å². The van der Waals surface area contributed by atoms with Gasteiger partial charge in [0.05, 0.1) is 11.0 Å². The van der Waals surface area contributed by atoms with E-state index in [1.165, 1.54) is 18.2 Å². The molecular weight excluding hydrogens is 494 g/mol. The fourth-order valence-electron chi connectivity index (χ4n) is 5.97. The van der Waals surface area contributed by atoms with Crippen LogP contribution in [0.3, 0.4) is 0 Å². The number of nitrogens with zero attached hydrogens (tertiary/aromatic N) is 4. The fourth-order valence-corrected chi connectivity index (χ4v) is 5.97. The second kappa shape index (κ2) is 8.84. The van der Waals surface area contributed by atoms with Crippen molar-refractivity contribution in [3.63, 3.8) is 0 Å². The molecule has 2 fully saturated rings. The minimum absolute atomic E-state index is 0.0604. The van der Waals surface area contributed by atoms with E-state index < -0.39 is 34.2 Å². The SMILES string of the molecule is C=CCN1C(=O)NC(=O)[C@]2(Cc3cc([N+](=O)[O-])ccc3N3CCN(Cc4ccc5c(c4)OCO5)C[C@@H]32)C1=O. The molecule has 0 saturated carbocycles. The molecule has 0 radical (unpaired) electrons. The molecule has 0 bridgehead atoms. The van der Waals surface area contributed by atoms with E-state index in [9.17, 15) is 24.5 Å². The molecule has 12 heteroatoms. The zero-order valence-corrected chi connectivity index (χ0v) is 20.4. The van der Waals surface area contributed by atoms with Gasteiger partial charge in [0, 0.05) is 57.0 Å². The number of benzene rings is 2. The number of nitrogens with one attached hydrogen (secondary N) is 1. The van der Waals surface area contributed by atoms with Crippen LogP contribution in [0.5, 0.6) is 11.5 Å². The number of barbiturate groups is 1. The molecule has 4 aliphatic rings. The number of ether oxygens (including phenoxy) is 2. The lowest BCUT2D eigenvalue weighted by molar-refractivity contribution is -0.384. The lowest BCUT2D eigenvalue weighted by atomic mass is 9.67. The Bertz CT molecular complexity index is 1390. The number of fused-ring (bicyclic) bond motifs is 5. The summed E-state index contributed by atoms with van der Waals surface area (Å²) >= 11 is 0. The average molecular weight is 520 g/mol. The van der Waals surface area contributed by atoms with Crippen LogP contribution >= 0.6 is 0 Å². The highest BCUT2D eigenvalue weighted by Crippen LogP contribution is 2.46. The topological polar surface area (TPSA) is 135 Å². The third-order valence-electron chi connectivity index (χ3n) is 7.74. The number of imide groups is 2. The molecule has 6 rings (SSSR count). The number of urea groups is 1. The molecule has 196 valence electrons. The van der Waals surface area contributed by atoms with E-state index in [1.807, 2.05) is 23.1 Å². The maximum absolute atomic E-state index is 14.0. The zero-order chi connectivity index (χ0) is 26.6. The Labute approximate surface area is 217 Å². The van der Waals surface area contributed by atoms with Crippen molar-refractivity contribution < 1.29 is 28.8 Å². The second-order valence-corrected chi connectivity index (χ2v) is 9.81. The summed E-state index contributed by atoms with van der Waals surface area (Å²) in [6.45, 7) is 5.78. The van der Waals surface area contributed by atoms with Crippen molar-refractivity contribution in [1.82, 2.24) is 15.1 Å². The highest BCUT2D eigenvalue weighted by molar-refractivity contribution is 6.20. The molecule has 12 nitrogen and oxygen atoms in total. The fraction of sp³-hybridized carbons (Fsp3) is 0.346. The van der Waals surface area contributed by atoms with Gasteiger partial charge in [-0.1, -0.05) is 12.1 Å². The van der Waals surface area contributed by atoms with Crippen molar-refractivity contribution in [1.29, 1.82) is 0 Å². The predicted octanol–water partition coefficient (Wildman–Crippen LogP) is 1.82. The Morgan fingerprint density at radius 1 is 1.13 bits per heavy atom. The molecule has 2 aromatic carbocycles. The van der Waals surface area contributed by atoms with Crippen molar-refractivity contribution in [3.05, 3.63) is 70.3 Å². The number of carbonyl (C=O) groups excluding carboxylic acids is 3. The Kier molecular flexibility index (Phi) is 5.56. The lowest BCUT2D eigenvalue weighted by Crippen LogP contribution is -2.75. The van der Waals surface area contributed by atoms with Gasteiger partial charge in [-0.15, -0.1) is 6.58 Å². The first-order chi connectivity index (χ1) is 18.3. The van der Waals surface area contributed by atoms with Crippen LogP contribution in [-0.4, -0.2) is 71.6 Å². The molecular formula is C26H25N5O7. The first-order valence-electron chi connectivity index (χ1n) is 12.2. The molecule has 0 aliphatic carbocycles. The molecule has 4 aliphatic heterocycles. The predicted molar refractivity (Wildman–Crippen MR) is 134 cm³/mol. The molecule has 4 amide bonds. The smallest absolute Gasteiger partial charge is 0.331 e. The number of piperazine rings is 1. The number of nitro benzene ring substituents is 1. The van der Waals surface area contributed by atoms with Crippen molar-refractivity contribution in [2.24, 2.45) is 5.41 Å². The van der Waals surface area contributed by atoms with Gasteiger partial charge in [0.1, 0.15) is 0 Å². The quantitative estimate of drug-likeness (QED) is 0.272. The van der Waals surface area contributed by atoms with E-state index in [1.54, 1.807) is 6.07 Å². The van der Waals surface area contributed by atoms with Crippen LogP contribution in [0.25, 0.3) is 0 Å². The largest absolute Gasteiger partial charge is 0.454 e. The van der Waals surface area contributed by atoms with E-state index >= 15 is 0 Å². The third-order valence-corrected chi connectivity index (χ3v) is 7.74. The van der Waals surface area contributed by atoms with Gasteiger partial charge in [-0.2, -0.15) is 0 Å². The summed E-state index contributed by atoms with van der Waals surface area (Å²) in [6.07, 6.45) is 1.36. The Morgan fingerprint density at radius 3 is 2.74 bits per heavy atom. The third kappa shape index (κ3) is 3.59. The minimum Gasteiger partial charge on any atom is -0.454 e. The summed E-state index contributed by atoms with van der Waals surface area (Å²) in [5.74, 6) is 0.0475. The van der Waals surface area contributed by atoms with Gasteiger partial charge in [-0.25, -0.2) is 4.79 Å². The summed E-state index contributed by atoms with van der Waals surface area (Å²) in [7, 11) is 0. The number of hydrogen-bond donors (Lipinski definition) is 1. The lowest BCUT2D eigenvalue weighted by Gasteiger charge is -2.55. The minimum atomic E-state index is -1.65. The standard InChI is InChI=1S/C26H25N5O7/c1-2-7-30-24(33)26(23(32)27-25(30)34)12-17-11-18(31(35)36)4-5-19(17)29-9-8-28(14-22(26)29)13-16-3-6-20-21(10-16)38-15-37-20/h2-6,10-11,22H,1,7-9,12-15H2,(H,27,32,34)/t22-,26-/m1/s1. The Morgan fingerprint density at radius 2 is 1.95 bits per heavy atom. The van der Waals surface area contributed by atoms with Crippen LogP contribution in [0.4, 0.5) is 16.2 Å². The number of carbonyl (C=O) groups is 3. The summed E-state index contributed by atoms with van der Waals surface area (Å²) < 4.78 is 10.9. The first-order valence-corrected chi connectivity index (χ1v) is 12.2. The van der Waals surface area contributed by atoms with Crippen LogP contribution in [-0.2, 0) is 22.6 Å². The maximum Gasteiger partial charge on any atom is 0.331 e. The second-order valence-electron chi connectivity index (χ2n) is 9.81. The van der Waals surface area contributed by atoms with Crippen molar-refractivity contribution >= 4 is 29.2 Å². The van der Waals surface area contributed by atoms with E-state index in [2.05, 4.69) is 16.8 Å². The summed E-state index contributed by atoms with van der Waals surface area (Å²) in [5.41, 5.74) is 0.498. The summed E-state index contributed by atoms with van der Waals surface area (Å²) in [4.78, 5) is 56.3. The number of amides is 4. The van der Waals surface area contributed by atoms with E-state index in [0.29, 0.717) is 43.2 Å². The van der Waals surface area contributed by atoms with Gasteiger partial charge in [0.2, 0.25) is 18.6 Å². The normalized spacial score (nSPS) is 24.2. The van der Waals surface area contributed by atoms with Crippen LogP contribution < -0.4 is 19.7 Å². The Balaban J connectivity index is 1.39. The van der Waals surface area contributed by atoms with Crippen molar-refractivity contribution in [2.75, 3.05) is 37.9 Å². The van der Waals surface area contributed by atoms with Crippen LogP contribution in [0, 0.1) is 15.5 Å². The van der Waals surface area contributed by atoms with E-state index in [4.69, 9.17) is 9.47 Å². The molecule has 0 aromatic heterocycles. The average Bonchev–Trinajstić information content (AvgIpc) is 3.37. The number of rotatable bonds is 5. The number of hydrogen-bond acceptors (Lipinski definition) is 9. The van der Waals surface area contributed by atoms with Crippen LogP contribution in [0.15, 0.2) is 49.1 Å². The van der Waals surface area contributed by atoms with E-state index in [-0.39, 0.29) is 25.4 Å². The number of nitro groups is 1. The van der Waals surface area contributed by atoms with Gasteiger partial charge in [-0.05, 0) is 29.3 Å². The molecule has 1 spiro atoms. The van der Waals surface area contributed by atoms with Gasteiger partial charge < -0.3 is 14.4 Å². The molecule has 0 unspecified atom stereocenters. The summed E-state index contributed by atoms with van der Waals surface area (Å²) in [6, 6.07) is 8.86. The zero-order valence-electron chi connectivity index (χ0n) is 20.4. The molecule has 2 aromatic rings. The van der Waals surface area contributed by atoms with Crippen LogP contribution in [0.2, 0.25) is 0 Å². The van der Waals surface area contributed by atoms with Gasteiger partial charge in [0.15, 0.2) is 16.9 Å². The summed E-state index contributed by atoms with van der Waals surface area (Å²) in [5, 5.41) is 13.9. The van der Waals surface area contributed by atoms with E-state index in [0.717, 1.165) is 16.2 Å². The highest BCUT2D eigenvalue weighted by atomic mass is 16.7. The maximum atomic E-state index is 14.0. The number of anilines is 1. The van der Waals surface area contributed by atoms with Crippen LogP contribution in [0.1, 0.15) is 11.1 Å². The molecule has 4 heterocycles. The number of non-ortho nitro benzene ring substituents is 1.